The van der Waals surface area contributed by atoms with Crippen molar-refractivity contribution in [2.24, 2.45) is 0 Å². The van der Waals surface area contributed by atoms with Gasteiger partial charge in [0.1, 0.15) is 0 Å². The number of sulfonamides is 1. The van der Waals surface area contributed by atoms with Gasteiger partial charge in [0.25, 0.3) is 0 Å². The maximum Gasteiger partial charge on any atom is 0.240 e. The van der Waals surface area contributed by atoms with Crippen LogP contribution in [-0.4, -0.2) is 31.6 Å². The Kier molecular flexibility index (Phi) is 5.65. The molecule has 1 aromatic rings. The van der Waals surface area contributed by atoms with Gasteiger partial charge >= 0.3 is 0 Å². The maximum absolute atomic E-state index is 12.1. The van der Waals surface area contributed by atoms with Gasteiger partial charge in [-0.05, 0) is 30.4 Å². The molecule has 1 unspecified atom stereocenters. The van der Waals surface area contributed by atoms with Crippen LogP contribution in [0.2, 0.25) is 0 Å². The van der Waals surface area contributed by atoms with Gasteiger partial charge in [-0.15, -0.1) is 0 Å². The second-order valence-corrected chi connectivity index (χ2v) is 7.11. The van der Waals surface area contributed by atoms with E-state index in [0.717, 1.165) is 0 Å². The summed E-state index contributed by atoms with van der Waals surface area (Å²) in [5.41, 5.74) is 1.24. The van der Waals surface area contributed by atoms with Crippen molar-refractivity contribution in [3.63, 3.8) is 0 Å². The molecule has 4 nitrogen and oxygen atoms in total. The minimum Gasteiger partial charge on any atom is -0.392 e. The standard InChI is InChI=1S/C12H19NO3S2/c1-9(17-3)7-13-18(15,16)12-6-4-5-11(8-14)10(12)2/h4-6,9,13-14H,7-8H2,1-3H3. The van der Waals surface area contributed by atoms with Crippen molar-refractivity contribution in [1.82, 2.24) is 4.72 Å². The molecule has 102 valence electrons. The first kappa shape index (κ1) is 15.5. The van der Waals surface area contributed by atoms with Crippen LogP contribution in [0.4, 0.5) is 0 Å². The quantitative estimate of drug-likeness (QED) is 0.833. The Morgan fingerprint density at radius 1 is 1.44 bits per heavy atom. The van der Waals surface area contributed by atoms with Crippen molar-refractivity contribution in [3.05, 3.63) is 29.3 Å². The molecule has 18 heavy (non-hydrogen) atoms. The lowest BCUT2D eigenvalue weighted by molar-refractivity contribution is 0.280. The van der Waals surface area contributed by atoms with Crippen LogP contribution in [0.3, 0.4) is 0 Å². The first-order valence-electron chi connectivity index (χ1n) is 5.64. The molecule has 0 aromatic heterocycles. The van der Waals surface area contributed by atoms with Gasteiger partial charge in [0.15, 0.2) is 0 Å². The van der Waals surface area contributed by atoms with Crippen LogP contribution in [0.5, 0.6) is 0 Å². The first-order valence-corrected chi connectivity index (χ1v) is 8.41. The largest absolute Gasteiger partial charge is 0.392 e. The molecule has 0 aliphatic heterocycles. The van der Waals surface area contributed by atoms with Crippen LogP contribution in [-0.2, 0) is 16.6 Å². The van der Waals surface area contributed by atoms with Crippen molar-refractivity contribution in [2.45, 2.75) is 30.6 Å². The Hall–Kier alpha value is -0.560. The van der Waals surface area contributed by atoms with Crippen molar-refractivity contribution in [1.29, 1.82) is 0 Å². The molecule has 0 fully saturated rings. The van der Waals surface area contributed by atoms with Crippen molar-refractivity contribution in [2.75, 3.05) is 12.8 Å². The maximum atomic E-state index is 12.1. The Morgan fingerprint density at radius 3 is 2.67 bits per heavy atom. The van der Waals surface area contributed by atoms with E-state index in [1.54, 1.807) is 36.9 Å². The molecule has 0 saturated carbocycles. The van der Waals surface area contributed by atoms with Gasteiger partial charge in [-0.2, -0.15) is 11.8 Å². The molecular formula is C12H19NO3S2. The Balaban J connectivity index is 2.98. The highest BCUT2D eigenvalue weighted by Crippen LogP contribution is 2.19. The summed E-state index contributed by atoms with van der Waals surface area (Å²) in [4.78, 5) is 0.238. The summed E-state index contributed by atoms with van der Waals surface area (Å²) in [5, 5.41) is 9.37. The van der Waals surface area contributed by atoms with E-state index in [-0.39, 0.29) is 16.8 Å². The van der Waals surface area contributed by atoms with Crippen LogP contribution < -0.4 is 4.72 Å². The third kappa shape index (κ3) is 3.71. The highest BCUT2D eigenvalue weighted by Gasteiger charge is 2.18. The van der Waals surface area contributed by atoms with Crippen LogP contribution in [0, 0.1) is 6.92 Å². The lowest BCUT2D eigenvalue weighted by atomic mass is 10.1. The predicted octanol–water partition coefficient (Wildman–Crippen LogP) is 1.52. The van der Waals surface area contributed by atoms with Crippen molar-refractivity contribution >= 4 is 21.8 Å². The topological polar surface area (TPSA) is 66.4 Å². The zero-order valence-electron chi connectivity index (χ0n) is 10.8. The molecule has 0 radical (unpaired) electrons. The van der Waals surface area contributed by atoms with E-state index in [1.807, 2.05) is 13.2 Å². The summed E-state index contributed by atoms with van der Waals surface area (Å²) in [6.07, 6.45) is 1.94. The lowest BCUT2D eigenvalue weighted by Gasteiger charge is -2.13. The SMILES string of the molecule is CSC(C)CNS(=O)(=O)c1cccc(CO)c1C. The van der Waals surface area contributed by atoms with Gasteiger partial charge in [0, 0.05) is 11.8 Å². The molecular weight excluding hydrogens is 270 g/mol. The molecule has 0 aliphatic carbocycles. The third-order valence-corrected chi connectivity index (χ3v) is 5.36. The molecule has 0 heterocycles. The summed E-state index contributed by atoms with van der Waals surface area (Å²) in [6.45, 7) is 3.91. The molecule has 0 aliphatic rings. The summed E-state index contributed by atoms with van der Waals surface area (Å²) in [7, 11) is -3.50. The first-order chi connectivity index (χ1) is 8.42. The zero-order chi connectivity index (χ0) is 13.8. The molecule has 2 N–H and O–H groups in total. The second kappa shape index (κ2) is 6.56. The fraction of sp³-hybridized carbons (Fsp3) is 0.500. The summed E-state index contributed by atoms with van der Waals surface area (Å²) < 4.78 is 26.9. The lowest BCUT2D eigenvalue weighted by Crippen LogP contribution is -2.30. The molecule has 1 rings (SSSR count). The van der Waals surface area contributed by atoms with E-state index in [2.05, 4.69) is 4.72 Å². The van der Waals surface area contributed by atoms with E-state index in [0.29, 0.717) is 17.7 Å². The molecule has 0 saturated heterocycles. The number of benzene rings is 1. The van der Waals surface area contributed by atoms with Crippen LogP contribution in [0.1, 0.15) is 18.1 Å². The number of hydrogen-bond donors (Lipinski definition) is 2. The van der Waals surface area contributed by atoms with Crippen LogP contribution in [0.15, 0.2) is 23.1 Å². The van der Waals surface area contributed by atoms with Gasteiger partial charge in [-0.3, -0.25) is 0 Å². The van der Waals surface area contributed by atoms with Crippen LogP contribution in [0.25, 0.3) is 0 Å². The smallest absolute Gasteiger partial charge is 0.240 e. The fourth-order valence-electron chi connectivity index (χ4n) is 1.51. The highest BCUT2D eigenvalue weighted by atomic mass is 32.2. The Morgan fingerprint density at radius 2 is 2.11 bits per heavy atom. The average Bonchev–Trinajstić information content (AvgIpc) is 2.36. The Bertz CT molecular complexity index is 500. The molecule has 6 heteroatoms. The van der Waals surface area contributed by atoms with Gasteiger partial charge in [0.2, 0.25) is 10.0 Å². The van der Waals surface area contributed by atoms with Crippen LogP contribution >= 0.6 is 11.8 Å². The molecule has 0 bridgehead atoms. The predicted molar refractivity (Wildman–Crippen MR) is 75.3 cm³/mol. The second-order valence-electron chi connectivity index (χ2n) is 4.10. The Labute approximate surface area is 113 Å². The van der Waals surface area contributed by atoms with E-state index < -0.39 is 10.0 Å². The minimum absolute atomic E-state index is 0.156. The van der Waals surface area contributed by atoms with E-state index in [9.17, 15) is 8.42 Å². The molecule has 1 aromatic carbocycles. The summed E-state index contributed by atoms with van der Waals surface area (Å²) >= 11 is 1.61. The fourth-order valence-corrected chi connectivity index (χ4v) is 3.28. The third-order valence-electron chi connectivity index (χ3n) is 2.82. The van der Waals surface area contributed by atoms with Crippen molar-refractivity contribution < 1.29 is 13.5 Å². The number of aliphatic hydroxyl groups excluding tert-OH is 1. The highest BCUT2D eigenvalue weighted by molar-refractivity contribution is 7.99. The molecule has 0 spiro atoms. The van der Waals surface area contributed by atoms with E-state index >= 15 is 0 Å². The summed E-state index contributed by atoms with van der Waals surface area (Å²) in [5.74, 6) is 0. The number of aliphatic hydroxyl groups is 1. The molecule has 0 amide bonds. The van der Waals surface area contributed by atoms with Crippen molar-refractivity contribution in [3.8, 4) is 0 Å². The minimum atomic E-state index is -3.50. The monoisotopic (exact) mass is 289 g/mol. The summed E-state index contributed by atoms with van der Waals surface area (Å²) in [6, 6.07) is 4.92. The van der Waals surface area contributed by atoms with E-state index in [4.69, 9.17) is 5.11 Å². The zero-order valence-corrected chi connectivity index (χ0v) is 12.4. The van der Waals surface area contributed by atoms with Gasteiger partial charge in [-0.25, -0.2) is 13.1 Å². The number of thioether (sulfide) groups is 1. The number of hydrogen-bond acceptors (Lipinski definition) is 4. The van der Waals surface area contributed by atoms with Gasteiger partial charge in [-0.1, -0.05) is 19.1 Å². The average molecular weight is 289 g/mol. The van der Waals surface area contributed by atoms with Gasteiger partial charge in [0.05, 0.1) is 11.5 Å². The number of nitrogens with one attached hydrogen (secondary N) is 1. The normalized spacial score (nSPS) is 13.6. The molecule has 1 atom stereocenters. The van der Waals surface area contributed by atoms with Gasteiger partial charge < -0.3 is 5.11 Å². The van der Waals surface area contributed by atoms with E-state index in [1.165, 1.54) is 0 Å². The number of rotatable bonds is 6.